The van der Waals surface area contributed by atoms with E-state index < -0.39 is 0 Å². The first-order valence-corrected chi connectivity index (χ1v) is 10.0. The summed E-state index contributed by atoms with van der Waals surface area (Å²) in [5.41, 5.74) is 1.85. The third-order valence-electron chi connectivity index (χ3n) is 5.63. The van der Waals surface area contributed by atoms with Crippen molar-refractivity contribution in [3.8, 4) is 5.75 Å². The number of hydrogen-bond donors (Lipinski definition) is 0. The van der Waals surface area contributed by atoms with Crippen LogP contribution < -0.4 is 4.74 Å². The average Bonchev–Trinajstić information content (AvgIpc) is 3.55. The summed E-state index contributed by atoms with van der Waals surface area (Å²) in [6.45, 7) is 4.75. The fraction of sp³-hybridized carbons (Fsp3) is 0.391. The maximum Gasteiger partial charge on any atom is 0.257 e. The molecule has 2 aromatic carbocycles. The van der Waals surface area contributed by atoms with Gasteiger partial charge in [-0.05, 0) is 37.0 Å². The Hall–Kier alpha value is -2.82. The van der Waals surface area contributed by atoms with Gasteiger partial charge in [-0.2, -0.15) is 0 Å². The van der Waals surface area contributed by atoms with E-state index in [0.29, 0.717) is 50.0 Å². The molecule has 28 heavy (non-hydrogen) atoms. The van der Waals surface area contributed by atoms with Crippen molar-refractivity contribution in [2.45, 2.75) is 19.3 Å². The minimum atomic E-state index is -0.0234. The van der Waals surface area contributed by atoms with E-state index in [1.165, 1.54) is 5.56 Å². The SMILES string of the molecule is CCOc1ccccc1C(=O)N1CCN(C(=O)C2CC2c2ccccc2)CC1. The second-order valence-corrected chi connectivity index (χ2v) is 7.41. The van der Waals surface area contributed by atoms with Gasteiger partial charge in [0.2, 0.25) is 5.91 Å². The fourth-order valence-electron chi connectivity index (χ4n) is 4.00. The van der Waals surface area contributed by atoms with Crippen LogP contribution in [0.4, 0.5) is 0 Å². The number of carbonyl (C=O) groups is 2. The largest absolute Gasteiger partial charge is 0.493 e. The van der Waals surface area contributed by atoms with Gasteiger partial charge in [0.05, 0.1) is 12.2 Å². The molecule has 1 aliphatic carbocycles. The van der Waals surface area contributed by atoms with E-state index in [4.69, 9.17) is 4.74 Å². The lowest BCUT2D eigenvalue weighted by molar-refractivity contribution is -0.134. The van der Waals surface area contributed by atoms with Crippen molar-refractivity contribution in [1.29, 1.82) is 0 Å². The number of ether oxygens (including phenoxy) is 1. The number of carbonyl (C=O) groups excluding carboxylic acids is 2. The number of benzene rings is 2. The van der Waals surface area contributed by atoms with E-state index >= 15 is 0 Å². The molecule has 0 N–H and O–H groups in total. The van der Waals surface area contributed by atoms with Gasteiger partial charge in [-0.15, -0.1) is 0 Å². The summed E-state index contributed by atoms with van der Waals surface area (Å²) in [7, 11) is 0. The maximum absolute atomic E-state index is 12.9. The molecule has 2 atom stereocenters. The third kappa shape index (κ3) is 3.75. The summed E-state index contributed by atoms with van der Waals surface area (Å²) in [6.07, 6.45) is 0.934. The number of nitrogens with zero attached hydrogens (tertiary/aromatic N) is 2. The van der Waals surface area contributed by atoms with Crippen LogP contribution in [0.3, 0.4) is 0 Å². The smallest absolute Gasteiger partial charge is 0.257 e. The highest BCUT2D eigenvalue weighted by Gasteiger charge is 2.46. The Morgan fingerprint density at radius 3 is 2.29 bits per heavy atom. The Morgan fingerprint density at radius 1 is 0.929 bits per heavy atom. The van der Waals surface area contributed by atoms with Crippen molar-refractivity contribution < 1.29 is 14.3 Å². The molecule has 1 aliphatic heterocycles. The molecule has 2 aliphatic rings. The van der Waals surface area contributed by atoms with Crippen LogP contribution in [-0.4, -0.2) is 54.4 Å². The lowest BCUT2D eigenvalue weighted by Crippen LogP contribution is -2.51. The van der Waals surface area contributed by atoms with E-state index in [-0.39, 0.29) is 17.7 Å². The molecule has 2 unspecified atom stereocenters. The van der Waals surface area contributed by atoms with Gasteiger partial charge in [-0.3, -0.25) is 9.59 Å². The zero-order chi connectivity index (χ0) is 19.5. The number of rotatable bonds is 5. The van der Waals surface area contributed by atoms with Crippen LogP contribution in [0.25, 0.3) is 0 Å². The summed E-state index contributed by atoms with van der Waals surface area (Å²) < 4.78 is 5.59. The second kappa shape index (κ2) is 8.05. The monoisotopic (exact) mass is 378 g/mol. The number of para-hydroxylation sites is 1. The van der Waals surface area contributed by atoms with Gasteiger partial charge >= 0.3 is 0 Å². The van der Waals surface area contributed by atoms with Crippen molar-refractivity contribution in [2.75, 3.05) is 32.8 Å². The van der Waals surface area contributed by atoms with Crippen molar-refractivity contribution >= 4 is 11.8 Å². The highest BCUT2D eigenvalue weighted by atomic mass is 16.5. The summed E-state index contributed by atoms with van der Waals surface area (Å²) in [5, 5.41) is 0. The summed E-state index contributed by atoms with van der Waals surface area (Å²) in [5.74, 6) is 1.28. The molecule has 1 heterocycles. The minimum absolute atomic E-state index is 0.0234. The van der Waals surface area contributed by atoms with Crippen molar-refractivity contribution in [1.82, 2.24) is 9.80 Å². The molecular formula is C23H26N2O3. The van der Waals surface area contributed by atoms with Crippen LogP contribution in [0.15, 0.2) is 54.6 Å². The predicted molar refractivity (Wildman–Crippen MR) is 107 cm³/mol. The molecule has 0 radical (unpaired) electrons. The normalized spacial score (nSPS) is 21.3. The topological polar surface area (TPSA) is 49.9 Å². The van der Waals surface area contributed by atoms with Gasteiger partial charge in [-0.1, -0.05) is 42.5 Å². The Kier molecular flexibility index (Phi) is 5.33. The van der Waals surface area contributed by atoms with E-state index in [2.05, 4.69) is 12.1 Å². The van der Waals surface area contributed by atoms with E-state index in [1.54, 1.807) is 6.07 Å². The standard InChI is InChI=1S/C23H26N2O3/c1-2-28-21-11-7-6-10-18(21)22(26)24-12-14-25(15-13-24)23(27)20-16-19(20)17-8-4-3-5-9-17/h3-11,19-20H,2,12-16H2,1H3. The van der Waals surface area contributed by atoms with Gasteiger partial charge in [0.25, 0.3) is 5.91 Å². The Morgan fingerprint density at radius 2 is 1.57 bits per heavy atom. The Balaban J connectivity index is 1.34. The first-order chi connectivity index (χ1) is 13.7. The van der Waals surface area contributed by atoms with Crippen LogP contribution in [0.5, 0.6) is 5.75 Å². The Labute approximate surface area is 165 Å². The van der Waals surface area contributed by atoms with E-state index in [9.17, 15) is 9.59 Å². The van der Waals surface area contributed by atoms with Gasteiger partial charge in [0.1, 0.15) is 5.75 Å². The molecule has 0 spiro atoms. The van der Waals surface area contributed by atoms with Gasteiger partial charge < -0.3 is 14.5 Å². The predicted octanol–water partition coefficient (Wildman–Crippen LogP) is 3.17. The Bertz CT molecular complexity index is 844. The molecule has 0 bridgehead atoms. The minimum Gasteiger partial charge on any atom is -0.493 e. The molecule has 2 fully saturated rings. The molecule has 1 saturated heterocycles. The summed E-state index contributed by atoms with van der Waals surface area (Å²) in [6, 6.07) is 17.6. The zero-order valence-electron chi connectivity index (χ0n) is 16.2. The number of piperazine rings is 1. The molecular weight excluding hydrogens is 352 g/mol. The molecule has 5 heteroatoms. The van der Waals surface area contributed by atoms with Crippen molar-refractivity contribution in [3.63, 3.8) is 0 Å². The first-order valence-electron chi connectivity index (χ1n) is 10.0. The summed E-state index contributed by atoms with van der Waals surface area (Å²) in [4.78, 5) is 29.5. The third-order valence-corrected chi connectivity index (χ3v) is 5.63. The summed E-state index contributed by atoms with van der Waals surface area (Å²) >= 11 is 0. The number of amides is 2. The van der Waals surface area contributed by atoms with Crippen molar-refractivity contribution in [3.05, 3.63) is 65.7 Å². The van der Waals surface area contributed by atoms with E-state index in [0.717, 1.165) is 6.42 Å². The van der Waals surface area contributed by atoms with Gasteiger partial charge in [0, 0.05) is 32.1 Å². The zero-order valence-corrected chi connectivity index (χ0v) is 16.2. The van der Waals surface area contributed by atoms with Crippen LogP contribution in [0, 0.1) is 5.92 Å². The van der Waals surface area contributed by atoms with Gasteiger partial charge in [-0.25, -0.2) is 0 Å². The molecule has 146 valence electrons. The highest BCUT2D eigenvalue weighted by molar-refractivity contribution is 5.97. The van der Waals surface area contributed by atoms with Crippen LogP contribution >= 0.6 is 0 Å². The van der Waals surface area contributed by atoms with Crippen molar-refractivity contribution in [2.24, 2.45) is 5.92 Å². The second-order valence-electron chi connectivity index (χ2n) is 7.41. The fourth-order valence-corrected chi connectivity index (χ4v) is 4.00. The molecule has 4 rings (SSSR count). The maximum atomic E-state index is 12.9. The molecule has 0 aromatic heterocycles. The molecule has 2 aromatic rings. The average molecular weight is 378 g/mol. The van der Waals surface area contributed by atoms with Crippen LogP contribution in [0.2, 0.25) is 0 Å². The van der Waals surface area contributed by atoms with Crippen LogP contribution in [0.1, 0.15) is 35.2 Å². The van der Waals surface area contributed by atoms with E-state index in [1.807, 2.05) is 53.1 Å². The lowest BCUT2D eigenvalue weighted by Gasteiger charge is -2.35. The molecule has 5 nitrogen and oxygen atoms in total. The quantitative estimate of drug-likeness (QED) is 0.803. The van der Waals surface area contributed by atoms with Gasteiger partial charge in [0.15, 0.2) is 0 Å². The highest BCUT2D eigenvalue weighted by Crippen LogP contribution is 2.48. The van der Waals surface area contributed by atoms with Crippen LogP contribution in [-0.2, 0) is 4.79 Å². The lowest BCUT2D eigenvalue weighted by atomic mass is 10.1. The first kappa shape index (κ1) is 18.5. The molecule has 2 amide bonds. The molecule has 1 saturated carbocycles. The number of hydrogen-bond acceptors (Lipinski definition) is 3.